The minimum Gasteiger partial charge on any atom is -0.487 e. The van der Waals surface area contributed by atoms with E-state index in [2.05, 4.69) is 41.5 Å². The Kier molecular flexibility index (Phi) is 11.0. The van der Waals surface area contributed by atoms with Crippen molar-refractivity contribution in [3.05, 3.63) is 76.9 Å². The largest absolute Gasteiger partial charge is 0.487 e. The van der Waals surface area contributed by atoms with Crippen molar-refractivity contribution in [1.29, 1.82) is 0 Å². The van der Waals surface area contributed by atoms with E-state index in [-0.39, 0.29) is 24.0 Å². The number of pyridine rings is 1. The molecule has 7 nitrogen and oxygen atoms in total. The molecule has 0 unspecified atom stereocenters. The van der Waals surface area contributed by atoms with Crippen LogP contribution in [0.5, 0.6) is 5.75 Å². The predicted molar refractivity (Wildman–Crippen MR) is 137 cm³/mol. The third-order valence-corrected chi connectivity index (χ3v) is 4.84. The maximum absolute atomic E-state index is 5.80. The van der Waals surface area contributed by atoms with Crippen molar-refractivity contribution in [2.45, 2.75) is 53.3 Å². The van der Waals surface area contributed by atoms with Crippen molar-refractivity contribution in [3.63, 3.8) is 0 Å². The highest BCUT2D eigenvalue weighted by molar-refractivity contribution is 14.0. The topological polar surface area (TPSA) is 84.6 Å². The summed E-state index contributed by atoms with van der Waals surface area (Å²) in [5, 5.41) is 10.9. The first-order chi connectivity index (χ1) is 15.2. The second-order valence-electron chi connectivity index (χ2n) is 7.04. The summed E-state index contributed by atoms with van der Waals surface area (Å²) in [5.41, 5.74) is 4.14. The summed E-state index contributed by atoms with van der Waals surface area (Å²) in [5.74, 6) is 2.51. The fourth-order valence-corrected chi connectivity index (χ4v) is 3.15. The van der Waals surface area contributed by atoms with Gasteiger partial charge in [-0.25, -0.2) is 4.99 Å². The lowest BCUT2D eigenvalue weighted by Crippen LogP contribution is -2.37. The van der Waals surface area contributed by atoms with Crippen LogP contribution in [0.25, 0.3) is 0 Å². The lowest BCUT2D eigenvalue weighted by atomic mass is 10.1. The number of aryl methyl sites for hydroxylation is 2. The smallest absolute Gasteiger partial charge is 0.191 e. The van der Waals surface area contributed by atoms with Crippen LogP contribution in [0.2, 0.25) is 0 Å². The van der Waals surface area contributed by atoms with Gasteiger partial charge in [-0.1, -0.05) is 37.2 Å². The van der Waals surface area contributed by atoms with Crippen molar-refractivity contribution >= 4 is 29.9 Å². The number of rotatable bonds is 10. The fourth-order valence-electron chi connectivity index (χ4n) is 3.15. The van der Waals surface area contributed by atoms with Crippen LogP contribution in [0.3, 0.4) is 0 Å². The maximum Gasteiger partial charge on any atom is 0.191 e. The van der Waals surface area contributed by atoms with E-state index in [1.54, 1.807) is 6.20 Å². The first-order valence-corrected chi connectivity index (χ1v) is 10.8. The summed E-state index contributed by atoms with van der Waals surface area (Å²) in [4.78, 5) is 8.98. The van der Waals surface area contributed by atoms with Gasteiger partial charge in [-0.05, 0) is 43.2 Å². The van der Waals surface area contributed by atoms with Gasteiger partial charge in [-0.3, -0.25) is 4.98 Å². The minimum atomic E-state index is 0. The molecule has 0 spiro atoms. The highest BCUT2D eigenvalue weighted by Gasteiger charge is 2.13. The van der Waals surface area contributed by atoms with E-state index in [0.717, 1.165) is 59.4 Å². The van der Waals surface area contributed by atoms with Crippen LogP contribution in [-0.2, 0) is 32.5 Å². The molecule has 0 aliphatic heterocycles. The number of aromatic nitrogens is 2. The molecule has 2 aromatic heterocycles. The molecule has 0 amide bonds. The molecule has 0 aliphatic rings. The number of aliphatic imine (C=N–C) groups is 1. The zero-order chi connectivity index (χ0) is 21.9. The lowest BCUT2D eigenvalue weighted by molar-refractivity contribution is 0.301. The number of ether oxygens (including phenoxy) is 1. The Balaban J connectivity index is 0.00000363. The Morgan fingerprint density at radius 3 is 2.50 bits per heavy atom. The molecule has 1 aromatic carbocycles. The van der Waals surface area contributed by atoms with Crippen LogP contribution < -0.4 is 15.4 Å². The summed E-state index contributed by atoms with van der Waals surface area (Å²) in [6.45, 7) is 8.67. The Hall–Kier alpha value is -2.62. The number of nitrogens with one attached hydrogen (secondary N) is 2. The van der Waals surface area contributed by atoms with Crippen LogP contribution in [0, 0.1) is 0 Å². The number of guanidine groups is 1. The molecule has 32 heavy (non-hydrogen) atoms. The predicted octanol–water partition coefficient (Wildman–Crippen LogP) is 4.65. The van der Waals surface area contributed by atoms with Crippen molar-refractivity contribution in [1.82, 2.24) is 20.8 Å². The van der Waals surface area contributed by atoms with E-state index in [9.17, 15) is 0 Å². The zero-order valence-corrected chi connectivity index (χ0v) is 21.3. The van der Waals surface area contributed by atoms with Crippen molar-refractivity contribution in [2.24, 2.45) is 4.99 Å². The Morgan fingerprint density at radius 2 is 1.84 bits per heavy atom. The van der Waals surface area contributed by atoms with Gasteiger partial charge in [0, 0.05) is 31.3 Å². The van der Waals surface area contributed by atoms with E-state index in [4.69, 9.17) is 14.3 Å². The molecule has 0 saturated carbocycles. The van der Waals surface area contributed by atoms with Crippen LogP contribution >= 0.6 is 24.0 Å². The molecule has 0 radical (unpaired) electrons. The number of hydrogen-bond donors (Lipinski definition) is 2. The summed E-state index contributed by atoms with van der Waals surface area (Å²) in [6, 6.07) is 13.8. The molecule has 0 bridgehead atoms. The van der Waals surface area contributed by atoms with Gasteiger partial charge in [0.25, 0.3) is 0 Å². The molecule has 8 heteroatoms. The average molecular weight is 549 g/mol. The first-order valence-electron chi connectivity index (χ1n) is 10.8. The number of benzene rings is 1. The molecule has 3 aromatic rings. The summed E-state index contributed by atoms with van der Waals surface area (Å²) < 4.78 is 11.2. The van der Waals surface area contributed by atoms with Gasteiger partial charge >= 0.3 is 0 Å². The second-order valence-corrected chi connectivity index (χ2v) is 7.04. The molecule has 172 valence electrons. The lowest BCUT2D eigenvalue weighted by Gasteiger charge is -2.12. The van der Waals surface area contributed by atoms with Crippen molar-refractivity contribution in [3.8, 4) is 5.75 Å². The van der Waals surface area contributed by atoms with Crippen LogP contribution in [0.4, 0.5) is 0 Å². The SMILES string of the molecule is CCNC(=NCc1ccc(OCc2ccccn2)cc1)NCc1c(CC)noc1CC.I. The third kappa shape index (κ3) is 7.51. The molecule has 0 atom stereocenters. The van der Waals surface area contributed by atoms with Gasteiger partial charge in [-0.2, -0.15) is 0 Å². The first kappa shape index (κ1) is 25.6. The highest BCUT2D eigenvalue weighted by atomic mass is 127. The average Bonchev–Trinajstić information content (AvgIpc) is 3.23. The van der Waals surface area contributed by atoms with E-state index in [1.165, 1.54) is 0 Å². The van der Waals surface area contributed by atoms with E-state index < -0.39 is 0 Å². The van der Waals surface area contributed by atoms with E-state index >= 15 is 0 Å². The van der Waals surface area contributed by atoms with Gasteiger partial charge in [0.05, 0.1) is 17.9 Å². The maximum atomic E-state index is 5.80. The molecule has 0 fully saturated rings. The molecule has 2 N–H and O–H groups in total. The summed E-state index contributed by atoms with van der Waals surface area (Å²) in [6.07, 6.45) is 3.44. The van der Waals surface area contributed by atoms with Crippen LogP contribution in [0.15, 0.2) is 58.2 Å². The van der Waals surface area contributed by atoms with Crippen LogP contribution in [-0.4, -0.2) is 22.6 Å². The Bertz CT molecular complexity index is 937. The fraction of sp³-hybridized carbons (Fsp3) is 0.375. The summed E-state index contributed by atoms with van der Waals surface area (Å²) in [7, 11) is 0. The van der Waals surface area contributed by atoms with Gasteiger partial charge in [0.15, 0.2) is 5.96 Å². The number of halogens is 1. The van der Waals surface area contributed by atoms with Gasteiger partial charge in [0.1, 0.15) is 18.1 Å². The number of hydrogen-bond acceptors (Lipinski definition) is 5. The molecular formula is C24H32IN5O2. The third-order valence-electron chi connectivity index (χ3n) is 4.84. The standard InChI is InChI=1S/C24H31N5O2.HI/c1-4-22-21(23(5-2)31-29-22)16-28-24(25-6-3)27-15-18-10-12-20(13-11-18)30-17-19-9-7-8-14-26-19;/h7-14H,4-6,15-17H2,1-3H3,(H2,25,27,28);1H. The summed E-state index contributed by atoms with van der Waals surface area (Å²) >= 11 is 0. The van der Waals surface area contributed by atoms with Gasteiger partial charge in [0.2, 0.25) is 0 Å². The molecule has 0 aliphatic carbocycles. The van der Waals surface area contributed by atoms with E-state index in [1.807, 2.05) is 42.5 Å². The normalized spacial score (nSPS) is 11.0. The van der Waals surface area contributed by atoms with Gasteiger partial charge in [-0.15, -0.1) is 24.0 Å². The number of nitrogens with zero attached hydrogens (tertiary/aromatic N) is 3. The van der Waals surface area contributed by atoms with Crippen molar-refractivity contribution in [2.75, 3.05) is 6.54 Å². The molecule has 0 saturated heterocycles. The van der Waals surface area contributed by atoms with Gasteiger partial charge < -0.3 is 19.9 Å². The van der Waals surface area contributed by atoms with Crippen molar-refractivity contribution < 1.29 is 9.26 Å². The molecule has 3 rings (SSSR count). The monoisotopic (exact) mass is 549 g/mol. The molecule has 2 heterocycles. The zero-order valence-electron chi connectivity index (χ0n) is 18.9. The Morgan fingerprint density at radius 1 is 1.03 bits per heavy atom. The highest BCUT2D eigenvalue weighted by Crippen LogP contribution is 2.16. The minimum absolute atomic E-state index is 0. The Labute approximate surface area is 207 Å². The van der Waals surface area contributed by atoms with E-state index in [0.29, 0.717) is 19.7 Å². The second kappa shape index (κ2) is 13.7. The van der Waals surface area contributed by atoms with Crippen LogP contribution in [0.1, 0.15) is 49.0 Å². The quantitative estimate of drug-likeness (QED) is 0.218. The molecular weight excluding hydrogens is 517 g/mol.